The molecule has 0 fully saturated rings. The average Bonchev–Trinajstić information content (AvgIpc) is 2.01. The first-order valence-electron chi connectivity index (χ1n) is 5.22. The fraction of sp³-hybridized carbons (Fsp3) is 1.00. The molecular formula is C10H24OSSi. The van der Waals surface area contributed by atoms with E-state index in [2.05, 4.69) is 26.6 Å². The van der Waals surface area contributed by atoms with Gasteiger partial charge in [0.15, 0.2) is 0 Å². The quantitative estimate of drug-likeness (QED) is 0.349. The fourth-order valence-electron chi connectivity index (χ4n) is 0.802. The molecule has 0 atom stereocenters. The molecule has 0 saturated heterocycles. The van der Waals surface area contributed by atoms with Gasteiger partial charge in [-0.2, -0.15) is 0 Å². The van der Waals surface area contributed by atoms with E-state index >= 15 is 0 Å². The molecule has 0 spiro atoms. The Morgan fingerprint density at radius 2 is 1.92 bits per heavy atom. The molecule has 0 aromatic rings. The number of thioether (sulfide) groups is 1. The van der Waals surface area contributed by atoms with Crippen molar-refractivity contribution in [1.29, 1.82) is 0 Å². The number of unbranched alkanes of at least 4 members (excludes halogenated alkanes) is 1. The first kappa shape index (κ1) is 13.5. The van der Waals surface area contributed by atoms with E-state index in [1.807, 2.05) is 11.8 Å². The first-order valence-corrected chi connectivity index (χ1v) is 10.1. The Kier molecular flexibility index (Phi) is 8.21. The van der Waals surface area contributed by atoms with E-state index < -0.39 is 8.07 Å². The first-order chi connectivity index (χ1) is 6.06. The van der Waals surface area contributed by atoms with Gasteiger partial charge in [0.2, 0.25) is 0 Å². The lowest BCUT2D eigenvalue weighted by Crippen LogP contribution is -2.21. The highest BCUT2D eigenvalue weighted by molar-refractivity contribution is 7.99. The smallest absolute Gasteiger partial charge is 0.0920 e. The Morgan fingerprint density at radius 3 is 2.46 bits per heavy atom. The van der Waals surface area contributed by atoms with Crippen molar-refractivity contribution in [2.75, 3.05) is 18.3 Å². The topological polar surface area (TPSA) is 9.23 Å². The zero-order valence-electron chi connectivity index (χ0n) is 9.56. The summed E-state index contributed by atoms with van der Waals surface area (Å²) in [6.45, 7) is 10.4. The second kappa shape index (κ2) is 7.89. The van der Waals surface area contributed by atoms with Crippen LogP contribution in [0.5, 0.6) is 0 Å². The van der Waals surface area contributed by atoms with E-state index in [9.17, 15) is 0 Å². The summed E-state index contributed by atoms with van der Waals surface area (Å²) in [6.07, 6.45) is 2.62. The summed E-state index contributed by atoms with van der Waals surface area (Å²) in [5, 5.41) is 0. The summed E-state index contributed by atoms with van der Waals surface area (Å²) in [5.74, 6) is 2.15. The van der Waals surface area contributed by atoms with Gasteiger partial charge in [0.1, 0.15) is 0 Å². The van der Waals surface area contributed by atoms with Gasteiger partial charge in [-0.05, 0) is 18.2 Å². The molecule has 0 aliphatic rings. The molecule has 3 heteroatoms. The van der Waals surface area contributed by atoms with Crippen LogP contribution >= 0.6 is 11.8 Å². The molecule has 0 amide bonds. The van der Waals surface area contributed by atoms with Crippen LogP contribution in [-0.4, -0.2) is 26.4 Å². The van der Waals surface area contributed by atoms with Crippen LogP contribution in [0.1, 0.15) is 19.8 Å². The Morgan fingerprint density at radius 1 is 1.23 bits per heavy atom. The molecule has 0 radical (unpaired) electrons. The van der Waals surface area contributed by atoms with Crippen LogP contribution in [0, 0.1) is 0 Å². The molecule has 0 aliphatic carbocycles. The van der Waals surface area contributed by atoms with Crippen LogP contribution in [0.15, 0.2) is 0 Å². The summed E-state index contributed by atoms with van der Waals surface area (Å²) in [4.78, 5) is 0. The zero-order chi connectivity index (χ0) is 10.2. The van der Waals surface area contributed by atoms with Gasteiger partial charge in [-0.3, -0.25) is 0 Å². The van der Waals surface area contributed by atoms with Gasteiger partial charge >= 0.3 is 0 Å². The minimum atomic E-state index is -0.867. The van der Waals surface area contributed by atoms with E-state index in [0.717, 1.165) is 12.5 Å². The maximum atomic E-state index is 5.55. The third kappa shape index (κ3) is 12.5. The largest absolute Gasteiger partial charge is 0.371 e. The molecule has 0 bridgehead atoms. The van der Waals surface area contributed by atoms with Gasteiger partial charge in [0.05, 0.1) is 5.94 Å². The maximum absolute atomic E-state index is 5.55. The van der Waals surface area contributed by atoms with Crippen LogP contribution in [0.25, 0.3) is 0 Å². The summed E-state index contributed by atoms with van der Waals surface area (Å²) in [5.41, 5.74) is 0. The third-order valence-electron chi connectivity index (χ3n) is 1.81. The van der Waals surface area contributed by atoms with Crippen molar-refractivity contribution in [2.24, 2.45) is 0 Å². The van der Waals surface area contributed by atoms with Gasteiger partial charge in [0, 0.05) is 14.7 Å². The molecule has 13 heavy (non-hydrogen) atoms. The Hall–Kier alpha value is 0.527. The van der Waals surface area contributed by atoms with Crippen molar-refractivity contribution in [1.82, 2.24) is 0 Å². The molecule has 0 rings (SSSR count). The molecule has 0 heterocycles. The SMILES string of the molecule is CCCCSCOCC[Si](C)(C)C. The highest BCUT2D eigenvalue weighted by Gasteiger charge is 2.11. The van der Waals surface area contributed by atoms with E-state index in [4.69, 9.17) is 4.74 Å². The molecular weight excluding hydrogens is 196 g/mol. The van der Waals surface area contributed by atoms with Gasteiger partial charge in [-0.15, -0.1) is 11.8 Å². The molecule has 0 aliphatic heterocycles. The molecule has 0 saturated carbocycles. The standard InChI is InChI=1S/C10H24OSSi/c1-5-6-8-12-10-11-7-9-13(2,3)4/h5-10H2,1-4H3. The number of hydrogen-bond donors (Lipinski definition) is 0. The zero-order valence-corrected chi connectivity index (χ0v) is 11.4. The monoisotopic (exact) mass is 220 g/mol. The van der Waals surface area contributed by atoms with Crippen LogP contribution in [0.3, 0.4) is 0 Å². The van der Waals surface area contributed by atoms with Gasteiger partial charge in [-0.1, -0.05) is 33.0 Å². The Labute approximate surface area is 88.6 Å². The summed E-state index contributed by atoms with van der Waals surface area (Å²) in [7, 11) is -0.867. The maximum Gasteiger partial charge on any atom is 0.0920 e. The highest BCUT2D eigenvalue weighted by atomic mass is 32.2. The number of ether oxygens (including phenoxy) is 1. The fourth-order valence-corrected chi connectivity index (χ4v) is 2.40. The van der Waals surface area contributed by atoms with Gasteiger partial charge < -0.3 is 4.74 Å². The van der Waals surface area contributed by atoms with Crippen LogP contribution in [-0.2, 0) is 4.74 Å². The molecule has 0 aromatic heterocycles. The van der Waals surface area contributed by atoms with Crippen LogP contribution in [0.2, 0.25) is 25.7 Å². The summed E-state index contributed by atoms with van der Waals surface area (Å²) < 4.78 is 5.55. The predicted octanol–water partition coefficient (Wildman–Crippen LogP) is 3.83. The Balaban J connectivity index is 3.00. The van der Waals surface area contributed by atoms with Crippen molar-refractivity contribution < 1.29 is 4.74 Å². The van der Waals surface area contributed by atoms with Crippen molar-refractivity contribution >= 4 is 19.8 Å². The second-order valence-electron chi connectivity index (χ2n) is 4.60. The lowest BCUT2D eigenvalue weighted by atomic mass is 10.4. The van der Waals surface area contributed by atoms with Crippen LogP contribution in [0.4, 0.5) is 0 Å². The van der Waals surface area contributed by atoms with Crippen molar-refractivity contribution in [3.8, 4) is 0 Å². The molecule has 1 nitrogen and oxygen atoms in total. The minimum Gasteiger partial charge on any atom is -0.371 e. The summed E-state index contributed by atoms with van der Waals surface area (Å²) in [6, 6.07) is 1.29. The van der Waals surface area contributed by atoms with E-state index in [0.29, 0.717) is 0 Å². The van der Waals surface area contributed by atoms with E-state index in [-0.39, 0.29) is 0 Å². The molecule has 0 N–H and O–H groups in total. The van der Waals surface area contributed by atoms with E-state index in [1.165, 1.54) is 24.6 Å². The van der Waals surface area contributed by atoms with E-state index in [1.54, 1.807) is 0 Å². The molecule has 0 aromatic carbocycles. The second-order valence-corrected chi connectivity index (χ2v) is 11.3. The lowest BCUT2D eigenvalue weighted by molar-refractivity contribution is 0.198. The van der Waals surface area contributed by atoms with Crippen molar-refractivity contribution in [3.05, 3.63) is 0 Å². The van der Waals surface area contributed by atoms with Crippen molar-refractivity contribution in [3.63, 3.8) is 0 Å². The van der Waals surface area contributed by atoms with Crippen molar-refractivity contribution in [2.45, 2.75) is 45.5 Å². The Bertz CT molecular complexity index is 112. The molecule has 0 unspecified atom stereocenters. The van der Waals surface area contributed by atoms with Crippen LogP contribution < -0.4 is 0 Å². The predicted molar refractivity (Wildman–Crippen MR) is 66.3 cm³/mol. The van der Waals surface area contributed by atoms with Gasteiger partial charge in [-0.25, -0.2) is 0 Å². The van der Waals surface area contributed by atoms with Gasteiger partial charge in [0.25, 0.3) is 0 Å². The number of hydrogen-bond acceptors (Lipinski definition) is 2. The normalized spacial score (nSPS) is 12.0. The number of rotatable bonds is 8. The lowest BCUT2D eigenvalue weighted by Gasteiger charge is -2.15. The third-order valence-corrected chi connectivity index (χ3v) is 4.42. The molecule has 80 valence electrons. The highest BCUT2D eigenvalue weighted by Crippen LogP contribution is 2.09. The minimum absolute atomic E-state index is 0.867. The average molecular weight is 220 g/mol. The summed E-state index contributed by atoms with van der Waals surface area (Å²) >= 11 is 1.92.